The van der Waals surface area contributed by atoms with E-state index in [2.05, 4.69) is 29.6 Å². The number of carboxylic acids is 1. The van der Waals surface area contributed by atoms with E-state index in [1.165, 1.54) is 11.1 Å². The number of nitrogens with one attached hydrogen (secondary N) is 1. The molecule has 0 fully saturated rings. The van der Waals surface area contributed by atoms with Crippen molar-refractivity contribution < 1.29 is 24.2 Å². The Bertz CT molecular complexity index is 945. The van der Waals surface area contributed by atoms with E-state index < -0.39 is 12.1 Å². The number of fused-ring (bicyclic) bond motifs is 3. The lowest BCUT2D eigenvalue weighted by atomic mass is 9.98. The van der Waals surface area contributed by atoms with E-state index in [1.54, 1.807) is 11.9 Å². The van der Waals surface area contributed by atoms with Crippen LogP contribution in [-0.4, -0.2) is 54.2 Å². The van der Waals surface area contributed by atoms with Gasteiger partial charge in [0.1, 0.15) is 6.61 Å². The number of carbonyl (C=O) groups excluding carboxylic acids is 2. The normalized spacial score (nSPS) is 13.0. The highest BCUT2D eigenvalue weighted by Gasteiger charge is 2.29. The summed E-state index contributed by atoms with van der Waals surface area (Å²) in [6, 6.07) is 16.2. The van der Waals surface area contributed by atoms with Crippen LogP contribution in [-0.2, 0) is 14.3 Å². The maximum absolute atomic E-state index is 12.5. The number of aliphatic carboxylic acids is 1. The van der Waals surface area contributed by atoms with Crippen LogP contribution in [0.5, 0.6) is 0 Å². The Morgan fingerprint density at radius 1 is 1.03 bits per heavy atom. The van der Waals surface area contributed by atoms with Gasteiger partial charge in [-0.25, -0.2) is 4.79 Å². The van der Waals surface area contributed by atoms with E-state index in [0.717, 1.165) is 11.1 Å². The number of carbonyl (C=O) groups is 3. The van der Waals surface area contributed by atoms with Crippen molar-refractivity contribution >= 4 is 18.0 Å². The van der Waals surface area contributed by atoms with Crippen molar-refractivity contribution in [3.05, 3.63) is 59.7 Å². The topological polar surface area (TPSA) is 95.9 Å². The standard InChI is InChI=1S/C26H32N2O5/c1-3-18(14-15-24(29)28(2)16-8-13-25(30)31)27-26(32)33-17-23-21-11-6-4-9-19(21)20-10-5-7-12-22(20)23/h4-7,9-12,18,23H,3,8,13-17H2,1-2H3,(H,27,32)(H,30,31). The zero-order valence-electron chi connectivity index (χ0n) is 19.3. The first-order valence-corrected chi connectivity index (χ1v) is 11.5. The monoisotopic (exact) mass is 452 g/mol. The van der Waals surface area contributed by atoms with Crippen LogP contribution in [0.15, 0.2) is 48.5 Å². The fourth-order valence-electron chi connectivity index (χ4n) is 4.27. The molecule has 33 heavy (non-hydrogen) atoms. The van der Waals surface area contributed by atoms with Crippen LogP contribution in [0.2, 0.25) is 0 Å². The van der Waals surface area contributed by atoms with Gasteiger partial charge < -0.3 is 20.1 Å². The lowest BCUT2D eigenvalue weighted by Crippen LogP contribution is -2.37. The van der Waals surface area contributed by atoms with E-state index in [9.17, 15) is 14.4 Å². The molecule has 1 atom stereocenters. The molecule has 176 valence electrons. The summed E-state index contributed by atoms with van der Waals surface area (Å²) in [6.07, 6.45) is 1.45. The summed E-state index contributed by atoms with van der Waals surface area (Å²) in [5.41, 5.74) is 4.68. The van der Waals surface area contributed by atoms with Crippen molar-refractivity contribution in [1.29, 1.82) is 0 Å². The van der Waals surface area contributed by atoms with Crippen LogP contribution in [0.25, 0.3) is 11.1 Å². The number of nitrogens with zero attached hydrogens (tertiary/aromatic N) is 1. The molecule has 2 amide bonds. The second-order valence-corrected chi connectivity index (χ2v) is 8.43. The molecule has 0 saturated heterocycles. The highest BCUT2D eigenvalue weighted by atomic mass is 16.5. The third-order valence-corrected chi connectivity index (χ3v) is 6.18. The minimum absolute atomic E-state index is 0.00394. The van der Waals surface area contributed by atoms with Gasteiger partial charge in [-0.05, 0) is 41.5 Å². The molecule has 0 heterocycles. The fraction of sp³-hybridized carbons (Fsp3) is 0.423. The first kappa shape index (κ1) is 24.3. The number of hydrogen-bond donors (Lipinski definition) is 2. The van der Waals surface area contributed by atoms with Gasteiger partial charge in [0, 0.05) is 38.4 Å². The summed E-state index contributed by atoms with van der Waals surface area (Å²) in [4.78, 5) is 36.9. The summed E-state index contributed by atoms with van der Waals surface area (Å²) in [6.45, 7) is 2.61. The van der Waals surface area contributed by atoms with Crippen molar-refractivity contribution in [3.8, 4) is 11.1 Å². The summed E-state index contributed by atoms with van der Waals surface area (Å²) >= 11 is 0. The van der Waals surface area contributed by atoms with Gasteiger partial charge in [-0.2, -0.15) is 0 Å². The number of hydrogen-bond acceptors (Lipinski definition) is 4. The summed E-state index contributed by atoms with van der Waals surface area (Å²) in [7, 11) is 1.67. The molecule has 3 rings (SSSR count). The number of amides is 2. The summed E-state index contributed by atoms with van der Waals surface area (Å²) < 4.78 is 5.60. The molecule has 0 bridgehead atoms. The third kappa shape index (κ3) is 6.34. The Labute approximate surface area is 194 Å². The molecule has 1 aliphatic carbocycles. The zero-order chi connectivity index (χ0) is 23.8. The van der Waals surface area contributed by atoms with Crippen LogP contribution >= 0.6 is 0 Å². The SMILES string of the molecule is CCC(CCC(=O)N(C)CCCC(=O)O)NC(=O)OCC1c2ccccc2-c2ccccc21. The minimum Gasteiger partial charge on any atom is -0.481 e. The van der Waals surface area contributed by atoms with E-state index in [-0.39, 0.29) is 37.3 Å². The molecule has 1 unspecified atom stereocenters. The maximum atomic E-state index is 12.5. The Morgan fingerprint density at radius 3 is 2.21 bits per heavy atom. The maximum Gasteiger partial charge on any atom is 0.407 e. The molecule has 7 nitrogen and oxygen atoms in total. The molecule has 2 aromatic rings. The van der Waals surface area contributed by atoms with Crippen molar-refractivity contribution in [2.75, 3.05) is 20.2 Å². The van der Waals surface area contributed by atoms with Gasteiger partial charge >= 0.3 is 12.1 Å². The molecule has 0 aromatic heterocycles. The molecule has 2 aromatic carbocycles. The van der Waals surface area contributed by atoms with Crippen LogP contribution in [0, 0.1) is 0 Å². The van der Waals surface area contributed by atoms with E-state index >= 15 is 0 Å². The minimum atomic E-state index is -0.866. The van der Waals surface area contributed by atoms with Crippen LogP contribution < -0.4 is 5.32 Å². The van der Waals surface area contributed by atoms with Gasteiger partial charge in [0.2, 0.25) is 5.91 Å². The average Bonchev–Trinajstić information content (AvgIpc) is 3.13. The number of rotatable bonds is 11. The van der Waals surface area contributed by atoms with Crippen molar-refractivity contribution in [2.45, 2.75) is 51.0 Å². The zero-order valence-corrected chi connectivity index (χ0v) is 19.3. The Hall–Kier alpha value is -3.35. The van der Waals surface area contributed by atoms with E-state index in [0.29, 0.717) is 25.8 Å². The van der Waals surface area contributed by atoms with Gasteiger partial charge in [0.05, 0.1) is 0 Å². The molecule has 0 spiro atoms. The molecular formula is C26H32N2O5. The molecule has 2 N–H and O–H groups in total. The Balaban J connectivity index is 1.48. The largest absolute Gasteiger partial charge is 0.481 e. The highest BCUT2D eigenvalue weighted by Crippen LogP contribution is 2.44. The fourth-order valence-corrected chi connectivity index (χ4v) is 4.27. The molecule has 0 radical (unpaired) electrons. The highest BCUT2D eigenvalue weighted by molar-refractivity contribution is 5.79. The first-order chi connectivity index (χ1) is 15.9. The van der Waals surface area contributed by atoms with Crippen molar-refractivity contribution in [2.24, 2.45) is 0 Å². The second-order valence-electron chi connectivity index (χ2n) is 8.43. The van der Waals surface area contributed by atoms with E-state index in [1.807, 2.05) is 31.2 Å². The van der Waals surface area contributed by atoms with Gasteiger partial charge in [0.15, 0.2) is 0 Å². The smallest absolute Gasteiger partial charge is 0.407 e. The van der Waals surface area contributed by atoms with Crippen LogP contribution in [0.4, 0.5) is 4.79 Å². The first-order valence-electron chi connectivity index (χ1n) is 11.5. The average molecular weight is 453 g/mol. The number of carboxylic acid groups (broad SMARTS) is 1. The number of alkyl carbamates (subject to hydrolysis) is 1. The summed E-state index contributed by atoms with van der Waals surface area (Å²) in [5, 5.41) is 11.6. The van der Waals surface area contributed by atoms with Crippen LogP contribution in [0.3, 0.4) is 0 Å². The van der Waals surface area contributed by atoms with Crippen LogP contribution in [0.1, 0.15) is 56.1 Å². The van der Waals surface area contributed by atoms with Crippen molar-refractivity contribution in [3.63, 3.8) is 0 Å². The lowest BCUT2D eigenvalue weighted by molar-refractivity contribution is -0.138. The Morgan fingerprint density at radius 2 is 1.64 bits per heavy atom. The predicted octanol–water partition coefficient (Wildman–Crippen LogP) is 4.41. The quantitative estimate of drug-likeness (QED) is 0.527. The second kappa shape index (κ2) is 11.5. The Kier molecular flexibility index (Phi) is 8.46. The lowest BCUT2D eigenvalue weighted by Gasteiger charge is -2.21. The van der Waals surface area contributed by atoms with Crippen molar-refractivity contribution in [1.82, 2.24) is 10.2 Å². The van der Waals surface area contributed by atoms with Gasteiger partial charge in [0.25, 0.3) is 0 Å². The summed E-state index contributed by atoms with van der Waals surface area (Å²) in [5.74, 6) is -0.924. The molecule has 1 aliphatic rings. The molecular weight excluding hydrogens is 420 g/mol. The van der Waals surface area contributed by atoms with E-state index in [4.69, 9.17) is 9.84 Å². The van der Waals surface area contributed by atoms with Gasteiger partial charge in [-0.1, -0.05) is 55.5 Å². The number of benzene rings is 2. The predicted molar refractivity (Wildman–Crippen MR) is 126 cm³/mol. The molecule has 7 heteroatoms. The number of ether oxygens (including phenoxy) is 1. The van der Waals surface area contributed by atoms with Gasteiger partial charge in [-0.15, -0.1) is 0 Å². The third-order valence-electron chi connectivity index (χ3n) is 6.18. The molecule has 0 aliphatic heterocycles. The molecule has 0 saturated carbocycles. The van der Waals surface area contributed by atoms with Gasteiger partial charge in [-0.3, -0.25) is 9.59 Å².